The lowest BCUT2D eigenvalue weighted by molar-refractivity contribution is 0.0997. The standard InChI is InChI=1S/C10H6ClFN2OS/c11-10-14-7(9(13)15)8(16-10)5-1-3-6(12)4-2-5/h1-4H,(H2,13,15). The van der Waals surface area contributed by atoms with Crippen molar-refractivity contribution in [3.05, 3.63) is 40.2 Å². The molecule has 6 heteroatoms. The highest BCUT2D eigenvalue weighted by Gasteiger charge is 2.16. The Morgan fingerprint density at radius 2 is 2.00 bits per heavy atom. The second-order valence-corrected chi connectivity index (χ2v) is 4.60. The summed E-state index contributed by atoms with van der Waals surface area (Å²) in [5.74, 6) is -0.998. The van der Waals surface area contributed by atoms with Gasteiger partial charge in [-0.2, -0.15) is 0 Å². The molecule has 2 N–H and O–H groups in total. The van der Waals surface area contributed by atoms with Gasteiger partial charge in [0.15, 0.2) is 4.47 Å². The van der Waals surface area contributed by atoms with Crippen LogP contribution in [0.15, 0.2) is 24.3 Å². The molecular weight excluding hydrogens is 251 g/mol. The van der Waals surface area contributed by atoms with E-state index in [1.165, 1.54) is 12.1 Å². The van der Waals surface area contributed by atoms with Gasteiger partial charge in [-0.25, -0.2) is 9.37 Å². The Morgan fingerprint density at radius 1 is 1.38 bits per heavy atom. The maximum atomic E-state index is 12.7. The fourth-order valence-electron chi connectivity index (χ4n) is 1.26. The number of hydrogen-bond donors (Lipinski definition) is 1. The van der Waals surface area contributed by atoms with E-state index in [1.807, 2.05) is 0 Å². The lowest BCUT2D eigenvalue weighted by Crippen LogP contribution is -2.12. The van der Waals surface area contributed by atoms with Crippen molar-refractivity contribution in [2.45, 2.75) is 0 Å². The molecule has 0 radical (unpaired) electrons. The molecule has 1 aromatic carbocycles. The van der Waals surface area contributed by atoms with Crippen LogP contribution in [0.3, 0.4) is 0 Å². The van der Waals surface area contributed by atoms with E-state index in [1.54, 1.807) is 12.1 Å². The quantitative estimate of drug-likeness (QED) is 0.898. The van der Waals surface area contributed by atoms with Crippen LogP contribution in [-0.4, -0.2) is 10.9 Å². The first-order valence-electron chi connectivity index (χ1n) is 4.30. The van der Waals surface area contributed by atoms with E-state index in [0.29, 0.717) is 10.4 Å². The van der Waals surface area contributed by atoms with Crippen LogP contribution in [0.25, 0.3) is 10.4 Å². The van der Waals surface area contributed by atoms with Gasteiger partial charge in [0, 0.05) is 0 Å². The van der Waals surface area contributed by atoms with Gasteiger partial charge in [-0.1, -0.05) is 23.7 Å². The molecule has 0 bridgehead atoms. The monoisotopic (exact) mass is 256 g/mol. The van der Waals surface area contributed by atoms with Crippen LogP contribution < -0.4 is 5.73 Å². The summed E-state index contributed by atoms with van der Waals surface area (Å²) >= 11 is 6.85. The SMILES string of the molecule is NC(=O)c1nc(Cl)sc1-c1ccc(F)cc1. The second kappa shape index (κ2) is 4.19. The Morgan fingerprint density at radius 3 is 2.56 bits per heavy atom. The molecule has 0 saturated heterocycles. The fourth-order valence-corrected chi connectivity index (χ4v) is 2.38. The van der Waals surface area contributed by atoms with Crippen molar-refractivity contribution in [3.63, 3.8) is 0 Å². The number of benzene rings is 1. The van der Waals surface area contributed by atoms with Gasteiger partial charge in [0.25, 0.3) is 5.91 Å². The van der Waals surface area contributed by atoms with Crippen molar-refractivity contribution in [2.24, 2.45) is 5.73 Å². The van der Waals surface area contributed by atoms with Gasteiger partial charge in [0.2, 0.25) is 0 Å². The largest absolute Gasteiger partial charge is 0.364 e. The van der Waals surface area contributed by atoms with Gasteiger partial charge < -0.3 is 5.73 Å². The lowest BCUT2D eigenvalue weighted by Gasteiger charge is -1.98. The van der Waals surface area contributed by atoms with Gasteiger partial charge in [-0.3, -0.25) is 4.79 Å². The van der Waals surface area contributed by atoms with Crippen LogP contribution in [0.4, 0.5) is 4.39 Å². The number of halogens is 2. The second-order valence-electron chi connectivity index (χ2n) is 3.02. The summed E-state index contributed by atoms with van der Waals surface area (Å²) in [6.07, 6.45) is 0. The third-order valence-corrected chi connectivity index (χ3v) is 3.15. The Hall–Kier alpha value is -1.46. The van der Waals surface area contributed by atoms with Gasteiger partial charge in [-0.05, 0) is 17.7 Å². The molecule has 82 valence electrons. The highest BCUT2D eigenvalue weighted by atomic mass is 35.5. The molecule has 0 atom stereocenters. The summed E-state index contributed by atoms with van der Waals surface area (Å²) < 4.78 is 13.0. The summed E-state index contributed by atoms with van der Waals surface area (Å²) in [5, 5.41) is 0. The first kappa shape index (κ1) is 11.0. The molecular formula is C10H6ClFN2OS. The van der Waals surface area contributed by atoms with Gasteiger partial charge in [0.05, 0.1) is 4.88 Å². The number of primary amides is 1. The zero-order valence-corrected chi connectivity index (χ0v) is 9.48. The van der Waals surface area contributed by atoms with Crippen molar-refractivity contribution < 1.29 is 9.18 Å². The van der Waals surface area contributed by atoms with Gasteiger partial charge in [-0.15, -0.1) is 11.3 Å². The molecule has 0 aliphatic rings. The Labute approximate surface area is 99.7 Å². The number of hydrogen-bond acceptors (Lipinski definition) is 3. The topological polar surface area (TPSA) is 56.0 Å². The average molecular weight is 257 g/mol. The van der Waals surface area contributed by atoms with E-state index >= 15 is 0 Å². The predicted octanol–water partition coefficient (Wildman–Crippen LogP) is 2.70. The molecule has 16 heavy (non-hydrogen) atoms. The summed E-state index contributed by atoms with van der Waals surface area (Å²) in [4.78, 5) is 15.5. The third-order valence-electron chi connectivity index (χ3n) is 1.94. The summed E-state index contributed by atoms with van der Waals surface area (Å²) in [7, 11) is 0. The van der Waals surface area contributed by atoms with Gasteiger partial charge in [0.1, 0.15) is 11.5 Å². The number of amides is 1. The van der Waals surface area contributed by atoms with Crippen LogP contribution >= 0.6 is 22.9 Å². The minimum Gasteiger partial charge on any atom is -0.364 e. The van der Waals surface area contributed by atoms with Crippen LogP contribution in [0.1, 0.15) is 10.5 Å². The molecule has 2 aromatic rings. The zero-order valence-electron chi connectivity index (χ0n) is 7.91. The number of carbonyl (C=O) groups excluding carboxylic acids is 1. The number of aromatic nitrogens is 1. The maximum Gasteiger partial charge on any atom is 0.268 e. The Kier molecular flexibility index (Phi) is 2.89. The molecule has 0 aliphatic heterocycles. The number of nitrogens with zero attached hydrogens (tertiary/aromatic N) is 1. The third kappa shape index (κ3) is 2.05. The van der Waals surface area contributed by atoms with Crippen molar-refractivity contribution in [1.29, 1.82) is 0 Å². The van der Waals surface area contributed by atoms with Gasteiger partial charge >= 0.3 is 0 Å². The molecule has 3 nitrogen and oxygen atoms in total. The smallest absolute Gasteiger partial charge is 0.268 e. The van der Waals surface area contributed by atoms with Crippen LogP contribution in [0.5, 0.6) is 0 Å². The van der Waals surface area contributed by atoms with Crippen molar-refractivity contribution in [2.75, 3.05) is 0 Å². The molecule has 0 saturated carbocycles. The average Bonchev–Trinajstić information content (AvgIpc) is 2.61. The molecule has 1 amide bonds. The molecule has 0 unspecified atom stereocenters. The van der Waals surface area contributed by atoms with E-state index < -0.39 is 5.91 Å². The van der Waals surface area contributed by atoms with Crippen LogP contribution in [-0.2, 0) is 0 Å². The zero-order chi connectivity index (χ0) is 11.7. The molecule has 1 aromatic heterocycles. The van der Waals surface area contributed by atoms with Crippen LogP contribution in [0.2, 0.25) is 4.47 Å². The van der Waals surface area contributed by atoms with Crippen molar-refractivity contribution >= 4 is 28.8 Å². The van der Waals surface area contributed by atoms with Crippen LogP contribution in [0, 0.1) is 5.82 Å². The summed E-state index contributed by atoms with van der Waals surface area (Å²) in [6, 6.07) is 5.69. The fraction of sp³-hybridized carbons (Fsp3) is 0. The first-order chi connectivity index (χ1) is 7.58. The normalized spacial score (nSPS) is 10.4. The predicted molar refractivity (Wildman–Crippen MR) is 61.0 cm³/mol. The highest BCUT2D eigenvalue weighted by molar-refractivity contribution is 7.19. The van der Waals surface area contributed by atoms with E-state index in [4.69, 9.17) is 17.3 Å². The van der Waals surface area contributed by atoms with E-state index in [0.717, 1.165) is 11.3 Å². The molecule has 0 aliphatic carbocycles. The van der Waals surface area contributed by atoms with E-state index in [9.17, 15) is 9.18 Å². The summed E-state index contributed by atoms with van der Waals surface area (Å²) in [6.45, 7) is 0. The number of nitrogens with two attached hydrogens (primary N) is 1. The Balaban J connectivity index is 2.55. The number of thiazole rings is 1. The molecule has 2 rings (SSSR count). The van der Waals surface area contributed by atoms with Crippen molar-refractivity contribution in [3.8, 4) is 10.4 Å². The number of carbonyl (C=O) groups is 1. The Bertz CT molecular complexity index is 538. The van der Waals surface area contributed by atoms with Crippen molar-refractivity contribution in [1.82, 2.24) is 4.98 Å². The lowest BCUT2D eigenvalue weighted by atomic mass is 10.1. The first-order valence-corrected chi connectivity index (χ1v) is 5.49. The van der Waals surface area contributed by atoms with E-state index in [2.05, 4.69) is 4.98 Å². The number of rotatable bonds is 2. The summed E-state index contributed by atoms with van der Waals surface area (Å²) in [5.41, 5.74) is 5.95. The maximum absolute atomic E-state index is 12.7. The molecule has 1 heterocycles. The minimum atomic E-state index is -0.650. The molecule has 0 fully saturated rings. The highest BCUT2D eigenvalue weighted by Crippen LogP contribution is 2.32. The molecule has 0 spiro atoms. The van der Waals surface area contributed by atoms with E-state index in [-0.39, 0.29) is 16.0 Å². The minimum absolute atomic E-state index is 0.113.